The zero-order chi connectivity index (χ0) is 26.8. The molecule has 7 nitrogen and oxygen atoms in total. The summed E-state index contributed by atoms with van der Waals surface area (Å²) in [5.74, 6) is -1.04. The minimum atomic E-state index is -3.75. The summed E-state index contributed by atoms with van der Waals surface area (Å²) in [4.78, 5) is 21.5. The van der Waals surface area contributed by atoms with Gasteiger partial charge in [0.2, 0.25) is 5.91 Å². The van der Waals surface area contributed by atoms with Gasteiger partial charge in [-0.25, -0.2) is 26.9 Å². The van der Waals surface area contributed by atoms with Gasteiger partial charge in [-0.05, 0) is 70.0 Å². The molecule has 0 saturated carbocycles. The predicted octanol–water partition coefficient (Wildman–Crippen LogP) is 4.72. The number of rotatable bonds is 5. The largest absolute Gasteiger partial charge is 0.369 e. The molecule has 1 spiro atoms. The Bertz CT molecular complexity index is 1470. The lowest BCUT2D eigenvalue weighted by Crippen LogP contribution is -2.60. The van der Waals surface area contributed by atoms with Gasteiger partial charge in [-0.2, -0.15) is 0 Å². The first-order valence-electron chi connectivity index (χ1n) is 11.9. The quantitative estimate of drug-likeness (QED) is 0.501. The lowest BCUT2D eigenvalue weighted by Gasteiger charge is -2.47. The van der Waals surface area contributed by atoms with Gasteiger partial charge in [-0.1, -0.05) is 23.5 Å². The van der Waals surface area contributed by atoms with E-state index in [9.17, 15) is 22.0 Å². The van der Waals surface area contributed by atoms with E-state index in [0.717, 1.165) is 29.2 Å². The number of hydrogen-bond donors (Lipinski definition) is 1. The second-order valence-corrected chi connectivity index (χ2v) is 13.6. The molecule has 1 amide bonds. The molecule has 0 aliphatic carbocycles. The van der Waals surface area contributed by atoms with Crippen molar-refractivity contribution in [1.29, 1.82) is 0 Å². The maximum Gasteiger partial charge on any atom is 0.252 e. The minimum Gasteiger partial charge on any atom is -0.369 e. The van der Waals surface area contributed by atoms with E-state index in [2.05, 4.69) is 14.6 Å². The van der Waals surface area contributed by atoms with Gasteiger partial charge in [0.05, 0.1) is 11.1 Å². The number of anilines is 2. The molecule has 3 aromatic rings. The fraction of sp³-hybridized carbons (Fsp3) is 0.385. The molecule has 3 heterocycles. The SMILES string of the molecule is Cc1nc(N2CCC3(CN(c4ccc(-c5cc(F)ccc5F)cc4)C3)C2=O)sc1S(=O)(=O)NC(C)(C)C. The molecule has 2 aliphatic rings. The molecule has 11 heteroatoms. The number of nitrogens with zero attached hydrogens (tertiary/aromatic N) is 3. The van der Waals surface area contributed by atoms with E-state index in [1.807, 2.05) is 12.1 Å². The lowest BCUT2D eigenvalue weighted by atomic mass is 9.78. The molecule has 0 unspecified atom stereocenters. The Hall–Kier alpha value is -2.89. The number of hydrogen-bond acceptors (Lipinski definition) is 6. The Labute approximate surface area is 219 Å². The number of halogens is 2. The summed E-state index contributed by atoms with van der Waals surface area (Å²) in [7, 11) is -3.75. The van der Waals surface area contributed by atoms with E-state index in [0.29, 0.717) is 42.4 Å². The van der Waals surface area contributed by atoms with Crippen LogP contribution in [0.2, 0.25) is 0 Å². The Morgan fingerprint density at radius 1 is 1.08 bits per heavy atom. The highest BCUT2D eigenvalue weighted by Crippen LogP contribution is 2.45. The van der Waals surface area contributed by atoms with Gasteiger partial charge in [-0.15, -0.1) is 0 Å². The molecule has 2 aromatic carbocycles. The Kier molecular flexibility index (Phi) is 6.16. The number of amides is 1. The number of thiazole rings is 1. The monoisotopic (exact) mass is 546 g/mol. The van der Waals surface area contributed by atoms with E-state index < -0.39 is 32.6 Å². The van der Waals surface area contributed by atoms with E-state index in [1.54, 1.807) is 44.7 Å². The normalized spacial score (nSPS) is 17.5. The van der Waals surface area contributed by atoms with Gasteiger partial charge in [0.1, 0.15) is 11.6 Å². The molecule has 1 N–H and O–H groups in total. The summed E-state index contributed by atoms with van der Waals surface area (Å²) in [6, 6.07) is 10.5. The number of sulfonamides is 1. The Morgan fingerprint density at radius 2 is 1.76 bits per heavy atom. The first-order valence-corrected chi connectivity index (χ1v) is 14.2. The number of aromatic nitrogens is 1. The van der Waals surface area contributed by atoms with Crippen molar-refractivity contribution < 1.29 is 22.0 Å². The van der Waals surface area contributed by atoms with E-state index in [-0.39, 0.29) is 15.7 Å². The van der Waals surface area contributed by atoms with Crippen LogP contribution in [0.25, 0.3) is 11.1 Å². The zero-order valence-electron chi connectivity index (χ0n) is 21.0. The van der Waals surface area contributed by atoms with Crippen molar-refractivity contribution in [3.8, 4) is 11.1 Å². The third-order valence-corrected chi connectivity index (χ3v) is 10.2. The summed E-state index contributed by atoms with van der Waals surface area (Å²) >= 11 is 1.01. The molecular formula is C26H28F2N4O3S2. The van der Waals surface area contributed by atoms with Gasteiger partial charge in [0.25, 0.3) is 10.0 Å². The average molecular weight is 547 g/mol. The van der Waals surface area contributed by atoms with Crippen molar-refractivity contribution in [2.45, 2.75) is 43.9 Å². The number of nitrogens with one attached hydrogen (secondary N) is 1. The predicted molar refractivity (Wildman–Crippen MR) is 140 cm³/mol. The Balaban J connectivity index is 1.29. The molecule has 2 saturated heterocycles. The van der Waals surface area contributed by atoms with E-state index >= 15 is 0 Å². The average Bonchev–Trinajstić information content (AvgIpc) is 3.33. The third kappa shape index (κ3) is 4.75. The van der Waals surface area contributed by atoms with Crippen molar-refractivity contribution in [3.05, 3.63) is 59.8 Å². The summed E-state index contributed by atoms with van der Waals surface area (Å²) in [5.41, 5.74) is 0.855. The van der Waals surface area contributed by atoms with Gasteiger partial charge >= 0.3 is 0 Å². The first kappa shape index (κ1) is 25.7. The molecule has 0 atom stereocenters. The number of benzene rings is 2. The number of carbonyl (C=O) groups excluding carboxylic acids is 1. The minimum absolute atomic E-state index is 0.0521. The standard InChI is InChI=1S/C26H28F2N4O3S2/c1-16-22(37(34,35)30-25(2,3)4)36-24(29-16)32-12-11-26(23(32)33)14-31(15-26)19-8-5-17(6-9-19)20-13-18(27)7-10-21(20)28/h5-10,13,30H,11-12,14-15H2,1-4H3. The lowest BCUT2D eigenvalue weighted by molar-refractivity contribution is -0.126. The highest BCUT2D eigenvalue weighted by atomic mass is 32.2. The van der Waals surface area contributed by atoms with Crippen molar-refractivity contribution in [2.24, 2.45) is 5.41 Å². The van der Waals surface area contributed by atoms with E-state index in [4.69, 9.17) is 0 Å². The molecule has 0 bridgehead atoms. The first-order chi connectivity index (χ1) is 17.3. The van der Waals surface area contributed by atoms with Crippen LogP contribution in [-0.4, -0.2) is 44.5 Å². The zero-order valence-corrected chi connectivity index (χ0v) is 22.6. The van der Waals surface area contributed by atoms with Crippen LogP contribution in [-0.2, 0) is 14.8 Å². The molecule has 2 fully saturated rings. The van der Waals surface area contributed by atoms with Crippen molar-refractivity contribution in [2.75, 3.05) is 29.4 Å². The summed E-state index contributed by atoms with van der Waals surface area (Å²) in [5, 5.41) is 0.397. The highest BCUT2D eigenvalue weighted by molar-refractivity contribution is 7.91. The smallest absolute Gasteiger partial charge is 0.252 e. The molecule has 5 rings (SSSR count). The van der Waals surface area contributed by atoms with Gasteiger partial charge in [-0.3, -0.25) is 9.69 Å². The van der Waals surface area contributed by atoms with Crippen LogP contribution in [0.3, 0.4) is 0 Å². The third-order valence-electron chi connectivity index (χ3n) is 6.63. The summed E-state index contributed by atoms with van der Waals surface area (Å²) in [6.45, 7) is 8.47. The van der Waals surface area contributed by atoms with Crippen molar-refractivity contribution in [3.63, 3.8) is 0 Å². The van der Waals surface area contributed by atoms with Crippen LogP contribution in [0.1, 0.15) is 32.9 Å². The topological polar surface area (TPSA) is 82.6 Å². The second kappa shape index (κ2) is 8.85. The fourth-order valence-corrected chi connectivity index (χ4v) is 7.86. The van der Waals surface area contributed by atoms with E-state index in [1.165, 1.54) is 6.07 Å². The fourth-order valence-electron chi connectivity index (χ4n) is 4.92. The van der Waals surface area contributed by atoms with Crippen LogP contribution in [0.4, 0.5) is 19.6 Å². The summed E-state index contributed by atoms with van der Waals surface area (Å²) < 4.78 is 56.1. The molecule has 2 aliphatic heterocycles. The van der Waals surface area contributed by atoms with Gasteiger partial charge < -0.3 is 4.90 Å². The van der Waals surface area contributed by atoms with Crippen LogP contribution in [0, 0.1) is 24.0 Å². The molecule has 37 heavy (non-hydrogen) atoms. The molecule has 1 aromatic heterocycles. The van der Waals surface area contributed by atoms with Crippen LogP contribution >= 0.6 is 11.3 Å². The molecular weight excluding hydrogens is 518 g/mol. The molecule has 196 valence electrons. The number of carbonyl (C=O) groups is 1. The maximum atomic E-state index is 14.1. The Morgan fingerprint density at radius 3 is 2.41 bits per heavy atom. The summed E-state index contributed by atoms with van der Waals surface area (Å²) in [6.07, 6.45) is 0.649. The van der Waals surface area contributed by atoms with Crippen LogP contribution < -0.4 is 14.5 Å². The maximum absolute atomic E-state index is 14.1. The van der Waals surface area contributed by atoms with Gasteiger partial charge in [0.15, 0.2) is 9.34 Å². The highest BCUT2D eigenvalue weighted by Gasteiger charge is 2.55. The molecule has 0 radical (unpaired) electrons. The number of aryl methyl sites for hydroxylation is 1. The van der Waals surface area contributed by atoms with Crippen molar-refractivity contribution in [1.82, 2.24) is 9.71 Å². The second-order valence-electron chi connectivity index (χ2n) is 10.7. The van der Waals surface area contributed by atoms with Gasteiger partial charge in [0, 0.05) is 36.4 Å². The van der Waals surface area contributed by atoms with Crippen LogP contribution in [0.5, 0.6) is 0 Å². The van der Waals surface area contributed by atoms with Crippen LogP contribution in [0.15, 0.2) is 46.7 Å². The van der Waals surface area contributed by atoms with Crippen molar-refractivity contribution >= 4 is 38.1 Å².